The Morgan fingerprint density at radius 3 is 2.17 bits per heavy atom. The third-order valence-corrected chi connectivity index (χ3v) is 5.63. The number of hydrogen-bond donors (Lipinski definition) is 0. The van der Waals surface area contributed by atoms with Crippen molar-refractivity contribution in [3.05, 3.63) is 30.3 Å². The number of carbonyl (C=O) groups excluding carboxylic acids is 1. The lowest BCUT2D eigenvalue weighted by molar-refractivity contribution is -0.134. The topological polar surface area (TPSA) is 60.9 Å². The van der Waals surface area contributed by atoms with Crippen molar-refractivity contribution in [2.45, 2.75) is 26.3 Å². The summed E-state index contributed by atoms with van der Waals surface area (Å²) in [4.78, 5) is 17.1. The molecular weight excluding hydrogens is 326 g/mol. The van der Waals surface area contributed by atoms with Crippen molar-refractivity contribution in [2.24, 2.45) is 0 Å². The molecule has 6 nitrogen and oxygen atoms in total. The molecule has 2 rings (SSSR count). The predicted molar refractivity (Wildman–Crippen MR) is 96.5 cm³/mol. The molecule has 1 atom stereocenters. The Hall–Kier alpha value is -1.60. The first kappa shape index (κ1) is 18.7. The second-order valence-corrected chi connectivity index (χ2v) is 7.94. The third kappa shape index (κ3) is 4.27. The molecule has 0 spiro atoms. The van der Waals surface area contributed by atoms with Crippen molar-refractivity contribution in [3.8, 4) is 0 Å². The molecule has 0 aromatic heterocycles. The van der Waals surface area contributed by atoms with Crippen LogP contribution >= 0.6 is 0 Å². The van der Waals surface area contributed by atoms with E-state index in [1.54, 1.807) is 29.2 Å². The summed E-state index contributed by atoms with van der Waals surface area (Å²) in [5.41, 5.74) is 0.535. The van der Waals surface area contributed by atoms with E-state index in [-0.39, 0.29) is 5.91 Å². The zero-order valence-corrected chi connectivity index (χ0v) is 15.5. The van der Waals surface area contributed by atoms with Crippen molar-refractivity contribution in [3.63, 3.8) is 0 Å². The van der Waals surface area contributed by atoms with Crippen molar-refractivity contribution in [1.82, 2.24) is 9.80 Å². The molecule has 1 aromatic rings. The SMILES string of the molecule is CC[C@H](C(=O)N1CCN(CC)CC1)N(c1ccccc1)S(C)(=O)=O. The molecule has 0 bridgehead atoms. The first-order valence-electron chi connectivity index (χ1n) is 8.44. The van der Waals surface area contributed by atoms with Crippen LogP contribution in [0.15, 0.2) is 30.3 Å². The van der Waals surface area contributed by atoms with Gasteiger partial charge in [0.15, 0.2) is 0 Å². The number of carbonyl (C=O) groups is 1. The molecule has 134 valence electrons. The standard InChI is InChI=1S/C17H27N3O3S/c1-4-16(17(21)19-13-11-18(5-2)12-14-19)20(24(3,22)23)15-9-7-6-8-10-15/h6-10,16H,4-5,11-14H2,1-3H3/t16-/m1/s1. The summed E-state index contributed by atoms with van der Waals surface area (Å²) in [5, 5.41) is 0. The van der Waals surface area contributed by atoms with Gasteiger partial charge in [-0.25, -0.2) is 8.42 Å². The van der Waals surface area contributed by atoms with Gasteiger partial charge in [0.2, 0.25) is 15.9 Å². The molecule has 24 heavy (non-hydrogen) atoms. The van der Waals surface area contributed by atoms with Crippen molar-refractivity contribution >= 4 is 21.6 Å². The van der Waals surface area contributed by atoms with Gasteiger partial charge in [0.05, 0.1) is 11.9 Å². The molecule has 1 aliphatic rings. The highest BCUT2D eigenvalue weighted by Crippen LogP contribution is 2.23. The molecule has 1 fully saturated rings. The summed E-state index contributed by atoms with van der Waals surface area (Å²) < 4.78 is 26.0. The second kappa shape index (κ2) is 7.98. The summed E-state index contributed by atoms with van der Waals surface area (Å²) >= 11 is 0. The summed E-state index contributed by atoms with van der Waals surface area (Å²) in [7, 11) is -3.55. The summed E-state index contributed by atoms with van der Waals surface area (Å²) in [5.74, 6) is -0.109. The van der Waals surface area contributed by atoms with Gasteiger partial charge in [0.1, 0.15) is 6.04 Å². The molecule has 0 unspecified atom stereocenters. The maximum atomic E-state index is 13.0. The summed E-state index contributed by atoms with van der Waals surface area (Å²) in [6, 6.07) is 8.15. The number of rotatable bonds is 6. The average Bonchev–Trinajstić information content (AvgIpc) is 2.58. The highest BCUT2D eigenvalue weighted by atomic mass is 32.2. The Morgan fingerprint density at radius 1 is 1.12 bits per heavy atom. The minimum atomic E-state index is -3.55. The molecule has 0 aliphatic carbocycles. The summed E-state index contributed by atoms with van der Waals surface area (Å²) in [6.07, 6.45) is 1.60. The number of para-hydroxylation sites is 1. The molecule has 0 radical (unpaired) electrons. The smallest absolute Gasteiger partial charge is 0.246 e. The molecule has 1 amide bonds. The first-order chi connectivity index (χ1) is 11.4. The Kier molecular flexibility index (Phi) is 6.23. The zero-order valence-electron chi connectivity index (χ0n) is 14.7. The normalized spacial score (nSPS) is 17.5. The van der Waals surface area contributed by atoms with Crippen molar-refractivity contribution in [2.75, 3.05) is 43.3 Å². The molecule has 1 saturated heterocycles. The number of sulfonamides is 1. The largest absolute Gasteiger partial charge is 0.338 e. The monoisotopic (exact) mass is 353 g/mol. The van der Waals surface area contributed by atoms with Crippen LogP contribution in [0.4, 0.5) is 5.69 Å². The Bertz CT molecular complexity index is 640. The zero-order chi connectivity index (χ0) is 17.7. The Balaban J connectivity index is 2.25. The number of benzene rings is 1. The van der Waals surface area contributed by atoms with Gasteiger partial charge in [0.25, 0.3) is 0 Å². The van der Waals surface area contributed by atoms with Gasteiger partial charge in [-0.1, -0.05) is 32.0 Å². The van der Waals surface area contributed by atoms with Gasteiger partial charge in [0, 0.05) is 26.2 Å². The van der Waals surface area contributed by atoms with Crippen LogP contribution in [0.5, 0.6) is 0 Å². The van der Waals surface area contributed by atoms with E-state index in [0.29, 0.717) is 25.2 Å². The molecular formula is C17H27N3O3S. The number of anilines is 1. The van der Waals surface area contributed by atoms with E-state index in [9.17, 15) is 13.2 Å². The van der Waals surface area contributed by atoms with E-state index in [0.717, 1.165) is 25.9 Å². The van der Waals surface area contributed by atoms with Crippen LogP contribution in [0.3, 0.4) is 0 Å². The van der Waals surface area contributed by atoms with Gasteiger partial charge in [-0.05, 0) is 25.1 Å². The van der Waals surface area contributed by atoms with Crippen LogP contribution in [-0.2, 0) is 14.8 Å². The highest BCUT2D eigenvalue weighted by molar-refractivity contribution is 7.92. The number of hydrogen-bond acceptors (Lipinski definition) is 4. The van der Waals surface area contributed by atoms with Gasteiger partial charge in [-0.2, -0.15) is 0 Å². The number of piperazine rings is 1. The van der Waals surface area contributed by atoms with Crippen LogP contribution in [0.25, 0.3) is 0 Å². The molecule has 1 heterocycles. The highest BCUT2D eigenvalue weighted by Gasteiger charge is 2.35. The van der Waals surface area contributed by atoms with Gasteiger partial charge in [-0.15, -0.1) is 0 Å². The van der Waals surface area contributed by atoms with E-state index >= 15 is 0 Å². The lowest BCUT2D eigenvalue weighted by Gasteiger charge is -2.38. The third-order valence-electron chi connectivity index (χ3n) is 4.45. The maximum Gasteiger partial charge on any atom is 0.246 e. The molecule has 7 heteroatoms. The van der Waals surface area contributed by atoms with E-state index < -0.39 is 16.1 Å². The minimum absolute atomic E-state index is 0.109. The molecule has 1 aliphatic heterocycles. The second-order valence-electron chi connectivity index (χ2n) is 6.08. The van der Waals surface area contributed by atoms with Crippen LogP contribution in [0.1, 0.15) is 20.3 Å². The lowest BCUT2D eigenvalue weighted by Crippen LogP contribution is -2.55. The lowest BCUT2D eigenvalue weighted by atomic mass is 10.1. The first-order valence-corrected chi connectivity index (χ1v) is 10.3. The van der Waals surface area contributed by atoms with Crippen molar-refractivity contribution in [1.29, 1.82) is 0 Å². The number of nitrogens with zero attached hydrogens (tertiary/aromatic N) is 3. The van der Waals surface area contributed by atoms with E-state index in [1.807, 2.05) is 13.0 Å². The number of amides is 1. The van der Waals surface area contributed by atoms with Gasteiger partial charge >= 0.3 is 0 Å². The number of likely N-dealkylation sites (N-methyl/N-ethyl adjacent to an activating group) is 1. The molecule has 0 N–H and O–H groups in total. The van der Waals surface area contributed by atoms with Crippen LogP contribution < -0.4 is 4.31 Å². The Labute approximate surface area is 145 Å². The predicted octanol–water partition coefficient (Wildman–Crippen LogP) is 1.40. The summed E-state index contributed by atoms with van der Waals surface area (Å²) in [6.45, 7) is 7.90. The van der Waals surface area contributed by atoms with E-state index in [4.69, 9.17) is 0 Å². The fourth-order valence-corrected chi connectivity index (χ4v) is 4.32. The minimum Gasteiger partial charge on any atom is -0.338 e. The van der Waals surface area contributed by atoms with E-state index in [1.165, 1.54) is 4.31 Å². The fraction of sp³-hybridized carbons (Fsp3) is 0.588. The van der Waals surface area contributed by atoms with Gasteiger partial charge in [-0.3, -0.25) is 9.10 Å². The average molecular weight is 353 g/mol. The Morgan fingerprint density at radius 2 is 1.71 bits per heavy atom. The quantitative estimate of drug-likeness (QED) is 0.775. The maximum absolute atomic E-state index is 13.0. The fourth-order valence-electron chi connectivity index (χ4n) is 3.11. The van der Waals surface area contributed by atoms with Crippen LogP contribution in [0, 0.1) is 0 Å². The van der Waals surface area contributed by atoms with E-state index in [2.05, 4.69) is 11.8 Å². The van der Waals surface area contributed by atoms with Crippen LogP contribution in [0.2, 0.25) is 0 Å². The van der Waals surface area contributed by atoms with Crippen molar-refractivity contribution < 1.29 is 13.2 Å². The van der Waals surface area contributed by atoms with Crippen LogP contribution in [-0.4, -0.2) is 69.1 Å². The molecule has 1 aromatic carbocycles. The molecule has 0 saturated carbocycles. The van der Waals surface area contributed by atoms with Gasteiger partial charge < -0.3 is 9.80 Å².